The van der Waals surface area contributed by atoms with Crippen LogP contribution < -0.4 is 5.32 Å². The molecule has 146 valence electrons. The normalized spacial score (nSPS) is 11.6. The molecule has 0 radical (unpaired) electrons. The van der Waals surface area contributed by atoms with Crippen molar-refractivity contribution in [3.05, 3.63) is 65.2 Å². The van der Waals surface area contributed by atoms with Crippen molar-refractivity contribution >= 4 is 27.7 Å². The maximum atomic E-state index is 12.2. The quantitative estimate of drug-likeness (QED) is 0.514. The standard InChI is InChI=1S/C20H26N2O3S2/c1-16-4-8-18(9-5-16)14-22(27(3,24)25)15-20(23)21-12-13-26-19-10-6-17(2)7-11-19/h4-11H,12-15H2,1-3H3,(H,21,23). The highest BCUT2D eigenvalue weighted by atomic mass is 32.2. The van der Waals surface area contributed by atoms with Gasteiger partial charge >= 0.3 is 0 Å². The lowest BCUT2D eigenvalue weighted by Crippen LogP contribution is -2.40. The summed E-state index contributed by atoms with van der Waals surface area (Å²) < 4.78 is 25.2. The summed E-state index contributed by atoms with van der Waals surface area (Å²) in [5, 5.41) is 2.80. The van der Waals surface area contributed by atoms with Gasteiger partial charge in [0.1, 0.15) is 0 Å². The van der Waals surface area contributed by atoms with Gasteiger partial charge in [0, 0.05) is 23.7 Å². The molecule has 1 amide bonds. The van der Waals surface area contributed by atoms with Crippen LogP contribution in [0.1, 0.15) is 16.7 Å². The van der Waals surface area contributed by atoms with E-state index in [2.05, 4.69) is 29.6 Å². The molecule has 0 fully saturated rings. The van der Waals surface area contributed by atoms with E-state index in [0.29, 0.717) is 6.54 Å². The molecule has 1 N–H and O–H groups in total. The number of sulfonamides is 1. The molecule has 27 heavy (non-hydrogen) atoms. The van der Waals surface area contributed by atoms with Crippen molar-refractivity contribution in [2.24, 2.45) is 0 Å². The van der Waals surface area contributed by atoms with Crippen LogP contribution in [0.3, 0.4) is 0 Å². The maximum Gasteiger partial charge on any atom is 0.235 e. The zero-order chi connectivity index (χ0) is 19.9. The van der Waals surface area contributed by atoms with Crippen LogP contribution in [0.2, 0.25) is 0 Å². The Kier molecular flexibility index (Phi) is 7.89. The molecule has 0 unspecified atom stereocenters. The van der Waals surface area contributed by atoms with Crippen LogP contribution in [-0.4, -0.2) is 43.7 Å². The number of nitrogens with zero attached hydrogens (tertiary/aromatic N) is 1. The Balaban J connectivity index is 1.82. The zero-order valence-electron chi connectivity index (χ0n) is 15.9. The van der Waals surface area contributed by atoms with Gasteiger partial charge in [0.15, 0.2) is 0 Å². The molecule has 0 saturated heterocycles. The highest BCUT2D eigenvalue weighted by molar-refractivity contribution is 7.99. The van der Waals surface area contributed by atoms with Crippen molar-refractivity contribution in [2.45, 2.75) is 25.3 Å². The highest BCUT2D eigenvalue weighted by Gasteiger charge is 2.20. The molecule has 0 aromatic heterocycles. The summed E-state index contributed by atoms with van der Waals surface area (Å²) >= 11 is 1.65. The Bertz CT molecular complexity index is 848. The summed E-state index contributed by atoms with van der Waals surface area (Å²) in [6.07, 6.45) is 1.13. The molecule has 0 aliphatic heterocycles. The van der Waals surface area contributed by atoms with Crippen molar-refractivity contribution in [3.8, 4) is 0 Å². The molecular formula is C20H26N2O3S2. The molecule has 5 nitrogen and oxygen atoms in total. The van der Waals surface area contributed by atoms with E-state index in [1.165, 1.54) is 9.87 Å². The minimum atomic E-state index is -3.48. The molecule has 0 heterocycles. The van der Waals surface area contributed by atoms with Crippen molar-refractivity contribution in [1.82, 2.24) is 9.62 Å². The topological polar surface area (TPSA) is 66.5 Å². The van der Waals surface area contributed by atoms with E-state index in [1.807, 2.05) is 38.1 Å². The van der Waals surface area contributed by atoms with Gasteiger partial charge in [-0.15, -0.1) is 11.8 Å². The minimum absolute atomic E-state index is 0.179. The third-order valence-corrected chi connectivity index (χ3v) is 6.19. The van der Waals surface area contributed by atoms with Crippen LogP contribution in [0.15, 0.2) is 53.4 Å². The smallest absolute Gasteiger partial charge is 0.235 e. The molecule has 0 spiro atoms. The summed E-state index contributed by atoms with van der Waals surface area (Å²) in [6, 6.07) is 15.8. The second-order valence-electron chi connectivity index (χ2n) is 6.53. The fourth-order valence-electron chi connectivity index (χ4n) is 2.40. The van der Waals surface area contributed by atoms with Crippen molar-refractivity contribution < 1.29 is 13.2 Å². The Morgan fingerprint density at radius 2 is 1.56 bits per heavy atom. The van der Waals surface area contributed by atoms with Crippen molar-refractivity contribution in [2.75, 3.05) is 25.1 Å². The van der Waals surface area contributed by atoms with Crippen LogP contribution in [0.25, 0.3) is 0 Å². The molecule has 0 aliphatic rings. The lowest BCUT2D eigenvalue weighted by Gasteiger charge is -2.19. The average molecular weight is 407 g/mol. The number of carbonyl (C=O) groups excluding carboxylic acids is 1. The molecule has 0 atom stereocenters. The summed E-state index contributed by atoms with van der Waals surface area (Å²) in [7, 11) is -3.48. The van der Waals surface area contributed by atoms with Gasteiger partial charge in [-0.2, -0.15) is 4.31 Å². The Hall–Kier alpha value is -1.83. The summed E-state index contributed by atoms with van der Waals surface area (Å²) in [4.78, 5) is 13.3. The molecule has 2 rings (SSSR count). The number of hydrogen-bond acceptors (Lipinski definition) is 4. The van der Waals surface area contributed by atoms with Gasteiger partial charge in [0.25, 0.3) is 0 Å². The van der Waals surface area contributed by atoms with Gasteiger partial charge < -0.3 is 5.32 Å². The van der Waals surface area contributed by atoms with E-state index in [-0.39, 0.29) is 19.0 Å². The van der Waals surface area contributed by atoms with Crippen LogP contribution in [-0.2, 0) is 21.4 Å². The van der Waals surface area contributed by atoms with E-state index in [1.54, 1.807) is 11.8 Å². The Morgan fingerprint density at radius 3 is 2.11 bits per heavy atom. The molecule has 0 bridgehead atoms. The average Bonchev–Trinajstić information content (AvgIpc) is 2.61. The van der Waals surface area contributed by atoms with Gasteiger partial charge in [-0.25, -0.2) is 8.42 Å². The Morgan fingerprint density at radius 1 is 1.00 bits per heavy atom. The molecule has 2 aromatic rings. The first-order valence-corrected chi connectivity index (χ1v) is 11.5. The monoisotopic (exact) mass is 406 g/mol. The minimum Gasteiger partial charge on any atom is -0.354 e. The largest absolute Gasteiger partial charge is 0.354 e. The lowest BCUT2D eigenvalue weighted by molar-refractivity contribution is -0.121. The van der Waals surface area contributed by atoms with Gasteiger partial charge in [-0.05, 0) is 31.5 Å². The van der Waals surface area contributed by atoms with Crippen LogP contribution >= 0.6 is 11.8 Å². The van der Waals surface area contributed by atoms with Gasteiger partial charge in [-0.3, -0.25) is 4.79 Å². The number of thioether (sulfide) groups is 1. The van der Waals surface area contributed by atoms with Gasteiger partial charge in [0.05, 0.1) is 12.8 Å². The molecule has 7 heteroatoms. The van der Waals surface area contributed by atoms with Crippen molar-refractivity contribution in [3.63, 3.8) is 0 Å². The van der Waals surface area contributed by atoms with E-state index in [9.17, 15) is 13.2 Å². The van der Waals surface area contributed by atoms with Crippen molar-refractivity contribution in [1.29, 1.82) is 0 Å². The van der Waals surface area contributed by atoms with E-state index in [4.69, 9.17) is 0 Å². The SMILES string of the molecule is Cc1ccc(CN(CC(=O)NCCSc2ccc(C)cc2)S(C)(=O)=O)cc1. The predicted octanol–water partition coefficient (Wildman–Crippen LogP) is 2.97. The van der Waals surface area contributed by atoms with Crippen LogP contribution in [0.5, 0.6) is 0 Å². The summed E-state index contributed by atoms with van der Waals surface area (Å²) in [5.74, 6) is 0.433. The van der Waals surface area contributed by atoms with Gasteiger partial charge in [0.2, 0.25) is 15.9 Å². The first-order chi connectivity index (χ1) is 12.7. The van der Waals surface area contributed by atoms with Gasteiger partial charge in [-0.1, -0.05) is 47.5 Å². The number of rotatable bonds is 9. The second kappa shape index (κ2) is 9.92. The number of hydrogen-bond donors (Lipinski definition) is 1. The summed E-state index contributed by atoms with van der Waals surface area (Å²) in [5.41, 5.74) is 3.17. The number of carbonyl (C=O) groups is 1. The summed E-state index contributed by atoms with van der Waals surface area (Å²) in [6.45, 7) is 4.51. The third kappa shape index (κ3) is 7.74. The van der Waals surface area contributed by atoms with E-state index in [0.717, 1.165) is 28.0 Å². The van der Waals surface area contributed by atoms with Crippen LogP contribution in [0, 0.1) is 13.8 Å². The number of aryl methyl sites for hydroxylation is 2. The molecule has 0 aliphatic carbocycles. The Labute approximate surface area is 166 Å². The maximum absolute atomic E-state index is 12.2. The van der Waals surface area contributed by atoms with Crippen LogP contribution in [0.4, 0.5) is 0 Å². The fraction of sp³-hybridized carbons (Fsp3) is 0.350. The first-order valence-electron chi connectivity index (χ1n) is 8.71. The second-order valence-corrected chi connectivity index (χ2v) is 9.68. The number of nitrogens with one attached hydrogen (secondary N) is 1. The highest BCUT2D eigenvalue weighted by Crippen LogP contribution is 2.17. The molecular weight excluding hydrogens is 380 g/mol. The molecule has 0 saturated carbocycles. The lowest BCUT2D eigenvalue weighted by atomic mass is 10.1. The number of amides is 1. The first kappa shape index (κ1) is 21.5. The third-order valence-electron chi connectivity index (χ3n) is 3.98. The van der Waals surface area contributed by atoms with E-state index < -0.39 is 10.0 Å². The number of benzene rings is 2. The fourth-order valence-corrected chi connectivity index (χ4v) is 3.90. The molecule has 2 aromatic carbocycles. The van der Waals surface area contributed by atoms with E-state index >= 15 is 0 Å². The zero-order valence-corrected chi connectivity index (χ0v) is 17.6. The predicted molar refractivity (Wildman–Crippen MR) is 111 cm³/mol.